The molecular weight excluding hydrogens is 250 g/mol. The van der Waals surface area contributed by atoms with Crippen molar-refractivity contribution in [2.24, 2.45) is 0 Å². The van der Waals surface area contributed by atoms with Gasteiger partial charge in [-0.1, -0.05) is 11.8 Å². The van der Waals surface area contributed by atoms with Gasteiger partial charge >= 0.3 is 0 Å². The number of aliphatic hydroxyl groups excluding tert-OH is 1. The van der Waals surface area contributed by atoms with Crippen LogP contribution in [0.25, 0.3) is 0 Å². The first-order valence-electron chi connectivity index (χ1n) is 5.28. The SMILES string of the molecule is O=C(NCc1ccco1)c1csc(C#CCO)c1. The minimum Gasteiger partial charge on any atom is -0.467 e. The van der Waals surface area contributed by atoms with Gasteiger partial charge in [0.2, 0.25) is 0 Å². The molecule has 2 N–H and O–H groups in total. The molecule has 0 unspecified atom stereocenters. The van der Waals surface area contributed by atoms with Gasteiger partial charge in [0.1, 0.15) is 12.4 Å². The van der Waals surface area contributed by atoms with Crippen LogP contribution in [0.1, 0.15) is 21.0 Å². The zero-order valence-electron chi connectivity index (χ0n) is 9.47. The molecule has 2 heterocycles. The van der Waals surface area contributed by atoms with Crippen LogP contribution in [-0.2, 0) is 6.54 Å². The van der Waals surface area contributed by atoms with E-state index in [-0.39, 0.29) is 12.5 Å². The summed E-state index contributed by atoms with van der Waals surface area (Å²) in [5.41, 5.74) is 0.564. The van der Waals surface area contributed by atoms with Crippen molar-refractivity contribution in [2.45, 2.75) is 6.54 Å². The minimum absolute atomic E-state index is 0.167. The Balaban J connectivity index is 1.94. The fraction of sp³-hybridized carbons (Fsp3) is 0.154. The Morgan fingerprint density at radius 3 is 3.17 bits per heavy atom. The third-order valence-corrected chi connectivity index (χ3v) is 3.00. The van der Waals surface area contributed by atoms with Gasteiger partial charge in [0, 0.05) is 5.38 Å². The Labute approximate surface area is 108 Å². The van der Waals surface area contributed by atoms with Gasteiger partial charge in [-0.05, 0) is 18.2 Å². The molecule has 0 aliphatic heterocycles. The summed E-state index contributed by atoms with van der Waals surface area (Å²) >= 11 is 1.37. The highest BCUT2D eigenvalue weighted by molar-refractivity contribution is 7.10. The molecular formula is C13H11NO3S. The minimum atomic E-state index is -0.183. The Hall–Kier alpha value is -2.03. The van der Waals surface area contributed by atoms with Crippen molar-refractivity contribution in [1.29, 1.82) is 0 Å². The molecule has 0 spiro atoms. The summed E-state index contributed by atoms with van der Waals surface area (Å²) in [7, 11) is 0. The molecule has 1 amide bonds. The number of furan rings is 1. The average Bonchev–Trinajstić information content (AvgIpc) is 3.04. The van der Waals surface area contributed by atoms with Crippen LogP contribution in [0.2, 0.25) is 0 Å². The molecule has 0 bridgehead atoms. The summed E-state index contributed by atoms with van der Waals surface area (Å²) < 4.78 is 5.12. The summed E-state index contributed by atoms with van der Waals surface area (Å²) in [4.78, 5) is 12.5. The van der Waals surface area contributed by atoms with Gasteiger partial charge in [0.25, 0.3) is 5.91 Å². The van der Waals surface area contributed by atoms with Gasteiger partial charge in [-0.25, -0.2) is 0 Å². The molecule has 0 aliphatic carbocycles. The monoisotopic (exact) mass is 261 g/mol. The molecule has 0 aromatic carbocycles. The lowest BCUT2D eigenvalue weighted by atomic mass is 10.3. The normalized spacial score (nSPS) is 9.61. The van der Waals surface area contributed by atoms with Gasteiger partial charge in [0.05, 0.1) is 23.2 Å². The van der Waals surface area contributed by atoms with Crippen molar-refractivity contribution in [3.05, 3.63) is 46.0 Å². The number of thiophene rings is 1. The summed E-state index contributed by atoms with van der Waals surface area (Å²) in [5, 5.41) is 13.1. The number of amides is 1. The molecule has 0 saturated heterocycles. The lowest BCUT2D eigenvalue weighted by Gasteiger charge is -2.00. The van der Waals surface area contributed by atoms with Crippen LogP contribution in [0.4, 0.5) is 0 Å². The predicted molar refractivity (Wildman–Crippen MR) is 68.2 cm³/mol. The van der Waals surface area contributed by atoms with E-state index in [4.69, 9.17) is 9.52 Å². The van der Waals surface area contributed by atoms with E-state index in [0.29, 0.717) is 17.9 Å². The maximum atomic E-state index is 11.8. The summed E-state index contributed by atoms with van der Waals surface area (Å²) in [6, 6.07) is 5.27. The van der Waals surface area contributed by atoms with Crippen LogP contribution in [0, 0.1) is 11.8 Å². The van der Waals surface area contributed by atoms with Crippen molar-refractivity contribution >= 4 is 17.2 Å². The molecule has 2 rings (SSSR count). The summed E-state index contributed by atoms with van der Waals surface area (Å²) in [6.07, 6.45) is 1.56. The number of nitrogens with one attached hydrogen (secondary N) is 1. The van der Waals surface area contributed by atoms with Crippen LogP contribution < -0.4 is 5.32 Å². The average molecular weight is 261 g/mol. The number of hydrogen-bond donors (Lipinski definition) is 2. The topological polar surface area (TPSA) is 62.5 Å². The Kier molecular flexibility index (Phi) is 4.18. The third-order valence-electron chi connectivity index (χ3n) is 2.16. The van der Waals surface area contributed by atoms with E-state index >= 15 is 0 Å². The van der Waals surface area contributed by atoms with E-state index in [9.17, 15) is 4.79 Å². The fourth-order valence-corrected chi connectivity index (χ4v) is 2.09. The number of rotatable bonds is 3. The quantitative estimate of drug-likeness (QED) is 0.825. The number of carbonyl (C=O) groups is 1. The highest BCUT2D eigenvalue weighted by Crippen LogP contribution is 2.13. The first-order chi connectivity index (χ1) is 8.79. The fourth-order valence-electron chi connectivity index (χ4n) is 1.33. The first-order valence-corrected chi connectivity index (χ1v) is 6.16. The highest BCUT2D eigenvalue weighted by Gasteiger charge is 2.08. The van der Waals surface area contributed by atoms with Gasteiger partial charge in [-0.2, -0.15) is 0 Å². The third kappa shape index (κ3) is 3.23. The van der Waals surface area contributed by atoms with Crippen molar-refractivity contribution < 1.29 is 14.3 Å². The van der Waals surface area contributed by atoms with Gasteiger partial charge in [0.15, 0.2) is 0 Å². The number of carbonyl (C=O) groups excluding carboxylic acids is 1. The molecule has 2 aromatic heterocycles. The second-order valence-corrected chi connectivity index (χ2v) is 4.33. The van der Waals surface area contributed by atoms with E-state index in [1.807, 2.05) is 0 Å². The molecule has 0 aliphatic rings. The van der Waals surface area contributed by atoms with Gasteiger partial charge in [-0.15, -0.1) is 11.3 Å². The van der Waals surface area contributed by atoms with Crippen LogP contribution in [0.3, 0.4) is 0 Å². The molecule has 92 valence electrons. The molecule has 4 nitrogen and oxygen atoms in total. The summed E-state index contributed by atoms with van der Waals surface area (Å²) in [5.74, 6) is 5.84. The van der Waals surface area contributed by atoms with Crippen LogP contribution in [-0.4, -0.2) is 17.6 Å². The zero-order valence-corrected chi connectivity index (χ0v) is 10.3. The molecule has 0 fully saturated rings. The molecule has 0 radical (unpaired) electrons. The van der Waals surface area contributed by atoms with E-state index in [1.54, 1.807) is 29.8 Å². The standard InChI is InChI=1S/C13H11NO3S/c15-5-1-4-12-7-10(9-18-12)13(16)14-8-11-3-2-6-17-11/h2-3,6-7,9,15H,5,8H2,(H,14,16). The maximum absolute atomic E-state index is 11.8. The Morgan fingerprint density at radius 2 is 2.44 bits per heavy atom. The van der Waals surface area contributed by atoms with Gasteiger partial charge in [-0.3, -0.25) is 4.79 Å². The molecule has 0 saturated carbocycles. The lowest BCUT2D eigenvalue weighted by molar-refractivity contribution is 0.0948. The van der Waals surface area contributed by atoms with Crippen molar-refractivity contribution in [2.75, 3.05) is 6.61 Å². The molecule has 2 aromatic rings. The molecule has 0 atom stereocenters. The maximum Gasteiger partial charge on any atom is 0.252 e. The van der Waals surface area contributed by atoms with E-state index in [1.165, 1.54) is 11.3 Å². The number of hydrogen-bond acceptors (Lipinski definition) is 4. The van der Waals surface area contributed by atoms with Crippen LogP contribution in [0.15, 0.2) is 34.3 Å². The van der Waals surface area contributed by atoms with E-state index in [2.05, 4.69) is 17.2 Å². The Morgan fingerprint density at radius 1 is 1.56 bits per heavy atom. The predicted octanol–water partition coefficient (Wildman–Crippen LogP) is 1.61. The zero-order chi connectivity index (χ0) is 12.8. The van der Waals surface area contributed by atoms with Gasteiger partial charge < -0.3 is 14.8 Å². The van der Waals surface area contributed by atoms with Crippen molar-refractivity contribution in [3.63, 3.8) is 0 Å². The van der Waals surface area contributed by atoms with E-state index < -0.39 is 0 Å². The second-order valence-electron chi connectivity index (χ2n) is 3.42. The highest BCUT2D eigenvalue weighted by atomic mass is 32.1. The van der Waals surface area contributed by atoms with Crippen LogP contribution >= 0.6 is 11.3 Å². The van der Waals surface area contributed by atoms with Crippen molar-refractivity contribution in [1.82, 2.24) is 5.32 Å². The summed E-state index contributed by atoms with van der Waals surface area (Å²) in [6.45, 7) is 0.178. The second kappa shape index (κ2) is 6.05. The molecule has 18 heavy (non-hydrogen) atoms. The Bertz CT molecular complexity index is 575. The lowest BCUT2D eigenvalue weighted by Crippen LogP contribution is -2.21. The largest absolute Gasteiger partial charge is 0.467 e. The van der Waals surface area contributed by atoms with Crippen LogP contribution in [0.5, 0.6) is 0 Å². The van der Waals surface area contributed by atoms with E-state index in [0.717, 1.165) is 4.88 Å². The molecule has 5 heteroatoms. The van der Waals surface area contributed by atoms with Crippen molar-refractivity contribution in [3.8, 4) is 11.8 Å². The number of aliphatic hydroxyl groups is 1. The smallest absolute Gasteiger partial charge is 0.252 e. The first kappa shape index (κ1) is 12.4.